The molecule has 7 nitrogen and oxygen atoms in total. The zero-order valence-electron chi connectivity index (χ0n) is 12.7. The average molecular weight is 315 g/mol. The molecule has 21 heavy (non-hydrogen) atoms. The third kappa shape index (κ3) is 3.70. The van der Waals surface area contributed by atoms with Crippen molar-refractivity contribution < 1.29 is 13.3 Å². The van der Waals surface area contributed by atoms with Crippen molar-refractivity contribution in [3.8, 4) is 0 Å². The molecule has 0 heterocycles. The first-order chi connectivity index (χ1) is 9.75. The standard InChI is InChI=1S/C13H21N3O4S/c1-5-14-12-9-11(7-8-13(12)16(17)18)21(19,20)15(6-2)10(3)4/h7-10,14H,5-6H2,1-4H3. The van der Waals surface area contributed by atoms with E-state index in [1.807, 2.05) is 0 Å². The third-order valence-corrected chi connectivity index (χ3v) is 5.17. The summed E-state index contributed by atoms with van der Waals surface area (Å²) in [6.45, 7) is 7.93. The number of hydrogen-bond donors (Lipinski definition) is 1. The van der Waals surface area contributed by atoms with Gasteiger partial charge >= 0.3 is 0 Å². The summed E-state index contributed by atoms with van der Waals surface area (Å²) in [6.07, 6.45) is 0. The topological polar surface area (TPSA) is 92.6 Å². The summed E-state index contributed by atoms with van der Waals surface area (Å²) in [4.78, 5) is 10.5. The van der Waals surface area contributed by atoms with Crippen LogP contribution in [0.25, 0.3) is 0 Å². The average Bonchev–Trinajstić information content (AvgIpc) is 2.38. The van der Waals surface area contributed by atoms with Crippen LogP contribution in [0.2, 0.25) is 0 Å². The number of nitrogens with zero attached hydrogens (tertiary/aromatic N) is 2. The van der Waals surface area contributed by atoms with Gasteiger partial charge in [-0.2, -0.15) is 4.31 Å². The highest BCUT2D eigenvalue weighted by Gasteiger charge is 2.27. The molecular formula is C13H21N3O4S. The van der Waals surface area contributed by atoms with E-state index < -0.39 is 14.9 Å². The zero-order chi connectivity index (χ0) is 16.2. The SMILES string of the molecule is CCNc1cc(S(=O)(=O)N(CC)C(C)C)ccc1[N+](=O)[O-]. The van der Waals surface area contributed by atoms with Crippen molar-refractivity contribution in [2.24, 2.45) is 0 Å². The molecule has 0 unspecified atom stereocenters. The van der Waals surface area contributed by atoms with Gasteiger partial charge in [-0.1, -0.05) is 6.92 Å². The summed E-state index contributed by atoms with van der Waals surface area (Å²) in [5.41, 5.74) is 0.0757. The van der Waals surface area contributed by atoms with Crippen molar-refractivity contribution in [3.05, 3.63) is 28.3 Å². The number of rotatable bonds is 7. The van der Waals surface area contributed by atoms with Gasteiger partial charge < -0.3 is 5.32 Å². The summed E-state index contributed by atoms with van der Waals surface area (Å²) >= 11 is 0. The fourth-order valence-corrected chi connectivity index (χ4v) is 3.79. The predicted octanol–water partition coefficient (Wildman–Crippen LogP) is 2.45. The minimum Gasteiger partial charge on any atom is -0.380 e. The van der Waals surface area contributed by atoms with Gasteiger partial charge in [0, 0.05) is 25.2 Å². The molecule has 0 aliphatic heterocycles. The maximum absolute atomic E-state index is 12.6. The Morgan fingerprint density at radius 3 is 2.38 bits per heavy atom. The second-order valence-electron chi connectivity index (χ2n) is 4.77. The van der Waals surface area contributed by atoms with E-state index in [4.69, 9.17) is 0 Å². The van der Waals surface area contributed by atoms with E-state index in [9.17, 15) is 18.5 Å². The van der Waals surface area contributed by atoms with Crippen LogP contribution < -0.4 is 5.32 Å². The van der Waals surface area contributed by atoms with Crippen molar-refractivity contribution in [2.45, 2.75) is 38.6 Å². The molecule has 0 fully saturated rings. The Morgan fingerprint density at radius 1 is 1.33 bits per heavy atom. The fraction of sp³-hybridized carbons (Fsp3) is 0.538. The highest BCUT2D eigenvalue weighted by molar-refractivity contribution is 7.89. The molecule has 1 aromatic carbocycles. The lowest BCUT2D eigenvalue weighted by Crippen LogP contribution is -2.36. The van der Waals surface area contributed by atoms with Crippen LogP contribution in [0.5, 0.6) is 0 Å². The lowest BCUT2D eigenvalue weighted by molar-refractivity contribution is -0.384. The first kappa shape index (κ1) is 17.4. The number of hydrogen-bond acceptors (Lipinski definition) is 5. The van der Waals surface area contributed by atoms with E-state index in [-0.39, 0.29) is 22.3 Å². The lowest BCUT2D eigenvalue weighted by Gasteiger charge is -2.24. The van der Waals surface area contributed by atoms with Crippen LogP contribution in [0.1, 0.15) is 27.7 Å². The number of sulfonamides is 1. The summed E-state index contributed by atoms with van der Waals surface area (Å²) in [5.74, 6) is 0. The van der Waals surface area contributed by atoms with Gasteiger partial charge in [0.05, 0.1) is 9.82 Å². The number of anilines is 1. The van der Waals surface area contributed by atoms with E-state index in [0.29, 0.717) is 13.1 Å². The summed E-state index contributed by atoms with van der Waals surface area (Å²) in [7, 11) is -3.66. The van der Waals surface area contributed by atoms with Gasteiger partial charge in [0.2, 0.25) is 10.0 Å². The minimum atomic E-state index is -3.66. The van der Waals surface area contributed by atoms with Crippen LogP contribution in [-0.4, -0.2) is 36.8 Å². The Balaban J connectivity index is 3.37. The van der Waals surface area contributed by atoms with Crippen molar-refractivity contribution in [1.29, 1.82) is 0 Å². The molecule has 0 saturated heterocycles. The van der Waals surface area contributed by atoms with E-state index in [1.54, 1.807) is 27.7 Å². The predicted molar refractivity (Wildman–Crippen MR) is 82.0 cm³/mol. The van der Waals surface area contributed by atoms with Gasteiger partial charge in [-0.3, -0.25) is 10.1 Å². The molecule has 0 bridgehead atoms. The molecule has 1 aromatic rings. The minimum absolute atomic E-state index is 0.0552. The van der Waals surface area contributed by atoms with Gasteiger partial charge in [0.15, 0.2) is 0 Å². The first-order valence-corrected chi connectivity index (χ1v) is 8.23. The zero-order valence-corrected chi connectivity index (χ0v) is 13.5. The molecule has 1 N–H and O–H groups in total. The van der Waals surface area contributed by atoms with E-state index >= 15 is 0 Å². The number of nitro groups is 1. The second-order valence-corrected chi connectivity index (χ2v) is 6.66. The highest BCUT2D eigenvalue weighted by atomic mass is 32.2. The lowest BCUT2D eigenvalue weighted by atomic mass is 10.2. The van der Waals surface area contributed by atoms with Crippen LogP contribution in [0.4, 0.5) is 11.4 Å². The molecule has 0 aliphatic carbocycles. The monoisotopic (exact) mass is 315 g/mol. The van der Waals surface area contributed by atoms with Crippen LogP contribution in [0.15, 0.2) is 23.1 Å². The van der Waals surface area contributed by atoms with Crippen LogP contribution in [0.3, 0.4) is 0 Å². The number of benzene rings is 1. The molecule has 0 aromatic heterocycles. The van der Waals surface area contributed by atoms with Gasteiger partial charge in [-0.15, -0.1) is 0 Å². The molecule has 0 amide bonds. The van der Waals surface area contributed by atoms with Crippen molar-refractivity contribution in [2.75, 3.05) is 18.4 Å². The van der Waals surface area contributed by atoms with Crippen molar-refractivity contribution in [3.63, 3.8) is 0 Å². The molecule has 0 atom stereocenters. The van der Waals surface area contributed by atoms with Gasteiger partial charge in [0.1, 0.15) is 5.69 Å². The Kier molecular flexibility index (Phi) is 5.68. The number of nitrogens with one attached hydrogen (secondary N) is 1. The second kappa shape index (κ2) is 6.86. The smallest absolute Gasteiger partial charge is 0.292 e. The van der Waals surface area contributed by atoms with E-state index in [1.165, 1.54) is 22.5 Å². The third-order valence-electron chi connectivity index (χ3n) is 3.03. The summed E-state index contributed by atoms with van der Waals surface area (Å²) < 4.78 is 26.5. The van der Waals surface area contributed by atoms with E-state index in [2.05, 4.69) is 5.32 Å². The largest absolute Gasteiger partial charge is 0.380 e. The molecule has 118 valence electrons. The van der Waals surface area contributed by atoms with E-state index in [0.717, 1.165) is 0 Å². The normalized spacial score (nSPS) is 11.9. The molecule has 0 aliphatic rings. The van der Waals surface area contributed by atoms with Crippen LogP contribution in [0, 0.1) is 10.1 Å². The molecule has 0 radical (unpaired) electrons. The Morgan fingerprint density at radius 2 is 1.95 bits per heavy atom. The summed E-state index contributed by atoms with van der Waals surface area (Å²) in [5, 5.41) is 13.8. The molecule has 8 heteroatoms. The first-order valence-electron chi connectivity index (χ1n) is 6.79. The van der Waals surface area contributed by atoms with Gasteiger partial charge in [0.25, 0.3) is 5.69 Å². The molecule has 1 rings (SSSR count). The Hall–Kier alpha value is -1.67. The summed E-state index contributed by atoms with van der Waals surface area (Å²) in [6, 6.07) is 3.64. The molecule has 0 spiro atoms. The van der Waals surface area contributed by atoms with Gasteiger partial charge in [-0.05, 0) is 32.9 Å². The Bertz CT molecular complexity index is 614. The maximum atomic E-state index is 12.6. The van der Waals surface area contributed by atoms with Crippen molar-refractivity contribution in [1.82, 2.24) is 4.31 Å². The molecule has 0 saturated carbocycles. The fourth-order valence-electron chi connectivity index (χ4n) is 2.11. The quantitative estimate of drug-likeness (QED) is 0.616. The van der Waals surface area contributed by atoms with Gasteiger partial charge in [-0.25, -0.2) is 8.42 Å². The maximum Gasteiger partial charge on any atom is 0.292 e. The van der Waals surface area contributed by atoms with Crippen molar-refractivity contribution >= 4 is 21.4 Å². The van der Waals surface area contributed by atoms with Crippen LogP contribution in [-0.2, 0) is 10.0 Å². The number of nitro benzene ring substituents is 1. The Labute approximate surface area is 125 Å². The highest BCUT2D eigenvalue weighted by Crippen LogP contribution is 2.29. The van der Waals surface area contributed by atoms with Crippen LogP contribution >= 0.6 is 0 Å². The molecular weight excluding hydrogens is 294 g/mol.